The molecule has 1 saturated heterocycles. The lowest BCUT2D eigenvalue weighted by Crippen LogP contribution is -2.40. The van der Waals surface area contributed by atoms with Crippen LogP contribution in [0.5, 0.6) is 0 Å². The minimum Gasteiger partial charge on any atom is -0.463 e. The van der Waals surface area contributed by atoms with Crippen LogP contribution in [-0.2, 0) is 17.8 Å². The van der Waals surface area contributed by atoms with Gasteiger partial charge in [0.15, 0.2) is 0 Å². The van der Waals surface area contributed by atoms with Crippen LogP contribution in [0.15, 0.2) is 10.5 Å². The van der Waals surface area contributed by atoms with Gasteiger partial charge in [-0.15, -0.1) is 0 Å². The Morgan fingerprint density at radius 3 is 3.06 bits per heavy atom. The van der Waals surface area contributed by atoms with E-state index in [0.29, 0.717) is 6.10 Å². The number of ether oxygens (including phenoxy) is 1. The first kappa shape index (κ1) is 13.6. The van der Waals surface area contributed by atoms with E-state index >= 15 is 0 Å². The molecule has 102 valence electrons. The summed E-state index contributed by atoms with van der Waals surface area (Å²) in [5.74, 6) is 2.13. The fourth-order valence-electron chi connectivity index (χ4n) is 2.34. The predicted octanol–water partition coefficient (Wildman–Crippen LogP) is 1.92. The molecule has 2 rings (SSSR count). The van der Waals surface area contributed by atoms with Crippen LogP contribution in [-0.4, -0.2) is 37.2 Å². The van der Waals surface area contributed by atoms with Crippen molar-refractivity contribution in [3.8, 4) is 0 Å². The van der Waals surface area contributed by atoms with Gasteiger partial charge in [-0.2, -0.15) is 0 Å². The summed E-state index contributed by atoms with van der Waals surface area (Å²) in [4.78, 5) is 2.39. The molecule has 0 aliphatic carbocycles. The van der Waals surface area contributed by atoms with Gasteiger partial charge in [0.2, 0.25) is 0 Å². The van der Waals surface area contributed by atoms with Crippen molar-refractivity contribution < 1.29 is 9.15 Å². The Kier molecular flexibility index (Phi) is 4.80. The Balaban J connectivity index is 1.92. The lowest BCUT2D eigenvalue weighted by Gasteiger charge is -2.30. The Hall–Kier alpha value is -0.840. The minimum atomic E-state index is 0.330. The van der Waals surface area contributed by atoms with Gasteiger partial charge in [-0.25, -0.2) is 0 Å². The summed E-state index contributed by atoms with van der Waals surface area (Å²) in [6, 6.07) is 2.16. The van der Waals surface area contributed by atoms with Crippen molar-refractivity contribution in [2.45, 2.75) is 40.0 Å². The zero-order valence-electron chi connectivity index (χ0n) is 11.7. The Labute approximate surface area is 109 Å². The van der Waals surface area contributed by atoms with Crippen molar-refractivity contribution in [3.05, 3.63) is 23.2 Å². The van der Waals surface area contributed by atoms with Crippen LogP contribution < -0.4 is 5.32 Å². The van der Waals surface area contributed by atoms with Crippen LogP contribution in [0, 0.1) is 6.92 Å². The zero-order chi connectivity index (χ0) is 13.0. The van der Waals surface area contributed by atoms with Gasteiger partial charge in [-0.1, -0.05) is 6.92 Å². The van der Waals surface area contributed by atoms with E-state index in [9.17, 15) is 0 Å². The van der Waals surface area contributed by atoms with Crippen LogP contribution in [0.2, 0.25) is 0 Å². The van der Waals surface area contributed by atoms with Gasteiger partial charge in [-0.3, -0.25) is 4.90 Å². The maximum absolute atomic E-state index is 5.91. The summed E-state index contributed by atoms with van der Waals surface area (Å²) >= 11 is 0. The van der Waals surface area contributed by atoms with Crippen molar-refractivity contribution in [3.63, 3.8) is 0 Å². The number of aryl methyl sites for hydroxylation is 1. The molecule has 1 aliphatic heterocycles. The van der Waals surface area contributed by atoms with E-state index in [2.05, 4.69) is 37.1 Å². The van der Waals surface area contributed by atoms with E-state index in [1.165, 1.54) is 5.56 Å². The molecule has 1 N–H and O–H groups in total. The number of furan rings is 1. The Morgan fingerprint density at radius 1 is 1.50 bits per heavy atom. The highest BCUT2D eigenvalue weighted by atomic mass is 16.5. The third-order valence-electron chi connectivity index (χ3n) is 3.31. The van der Waals surface area contributed by atoms with E-state index in [-0.39, 0.29) is 0 Å². The van der Waals surface area contributed by atoms with Gasteiger partial charge in [0, 0.05) is 13.1 Å². The second-order valence-electron chi connectivity index (χ2n) is 5.02. The first-order valence-electron chi connectivity index (χ1n) is 6.82. The molecule has 0 radical (unpaired) electrons. The molecule has 1 aliphatic rings. The highest BCUT2D eigenvalue weighted by Gasteiger charge is 2.18. The quantitative estimate of drug-likeness (QED) is 0.869. The van der Waals surface area contributed by atoms with Crippen LogP contribution in [0.3, 0.4) is 0 Å². The first-order chi connectivity index (χ1) is 8.69. The summed E-state index contributed by atoms with van der Waals surface area (Å²) in [7, 11) is 0. The summed E-state index contributed by atoms with van der Waals surface area (Å²) in [5.41, 5.74) is 1.24. The van der Waals surface area contributed by atoms with Gasteiger partial charge in [-0.05, 0) is 32.0 Å². The van der Waals surface area contributed by atoms with Crippen LogP contribution in [0.1, 0.15) is 30.9 Å². The van der Waals surface area contributed by atoms with Crippen molar-refractivity contribution >= 4 is 0 Å². The summed E-state index contributed by atoms with van der Waals surface area (Å²) in [6.07, 6.45) is 0.330. The maximum Gasteiger partial charge on any atom is 0.120 e. The third kappa shape index (κ3) is 3.57. The van der Waals surface area contributed by atoms with Crippen LogP contribution in [0.25, 0.3) is 0 Å². The normalized spacial score (nSPS) is 21.4. The molecular formula is C14H24N2O2. The summed E-state index contributed by atoms with van der Waals surface area (Å²) in [6.45, 7) is 11.8. The average molecular weight is 252 g/mol. The molecule has 4 nitrogen and oxygen atoms in total. The highest BCUT2D eigenvalue weighted by Crippen LogP contribution is 2.17. The Morgan fingerprint density at radius 2 is 2.33 bits per heavy atom. The van der Waals surface area contributed by atoms with Crippen LogP contribution in [0.4, 0.5) is 0 Å². The number of rotatable bonds is 5. The SMILES string of the molecule is CCNCc1oc(CN2CCOC(C)C2)cc1C. The molecule has 0 bridgehead atoms. The third-order valence-corrected chi connectivity index (χ3v) is 3.31. The second kappa shape index (κ2) is 6.36. The van der Waals surface area contributed by atoms with E-state index in [0.717, 1.165) is 50.9 Å². The molecule has 1 atom stereocenters. The van der Waals surface area contributed by atoms with Gasteiger partial charge in [0.1, 0.15) is 11.5 Å². The van der Waals surface area contributed by atoms with E-state index < -0.39 is 0 Å². The van der Waals surface area contributed by atoms with Crippen molar-refractivity contribution in [1.29, 1.82) is 0 Å². The molecule has 0 aromatic carbocycles. The molecular weight excluding hydrogens is 228 g/mol. The van der Waals surface area contributed by atoms with Gasteiger partial charge < -0.3 is 14.5 Å². The standard InChI is InChI=1S/C14H24N2O2/c1-4-15-8-14-11(2)7-13(18-14)10-16-5-6-17-12(3)9-16/h7,12,15H,4-6,8-10H2,1-3H3. The van der Waals surface area contributed by atoms with Gasteiger partial charge >= 0.3 is 0 Å². The molecule has 0 saturated carbocycles. The molecule has 1 aromatic heterocycles. The topological polar surface area (TPSA) is 37.6 Å². The van der Waals surface area contributed by atoms with Crippen molar-refractivity contribution in [1.82, 2.24) is 10.2 Å². The molecule has 1 fully saturated rings. The number of hydrogen-bond acceptors (Lipinski definition) is 4. The summed E-state index contributed by atoms with van der Waals surface area (Å²) < 4.78 is 11.5. The molecule has 2 heterocycles. The van der Waals surface area contributed by atoms with E-state index in [1.807, 2.05) is 0 Å². The van der Waals surface area contributed by atoms with Crippen LogP contribution >= 0.6 is 0 Å². The molecule has 1 unspecified atom stereocenters. The largest absolute Gasteiger partial charge is 0.463 e. The first-order valence-corrected chi connectivity index (χ1v) is 6.82. The minimum absolute atomic E-state index is 0.330. The number of nitrogens with zero attached hydrogens (tertiary/aromatic N) is 1. The molecule has 18 heavy (non-hydrogen) atoms. The monoisotopic (exact) mass is 252 g/mol. The average Bonchev–Trinajstić information content (AvgIpc) is 2.67. The van der Waals surface area contributed by atoms with Crippen molar-refractivity contribution in [2.75, 3.05) is 26.2 Å². The maximum atomic E-state index is 5.91. The Bertz CT molecular complexity index is 376. The lowest BCUT2D eigenvalue weighted by atomic mass is 10.2. The van der Waals surface area contributed by atoms with E-state index in [4.69, 9.17) is 9.15 Å². The van der Waals surface area contributed by atoms with Gasteiger partial charge in [0.05, 0.1) is 25.8 Å². The number of morpholine rings is 1. The summed E-state index contributed by atoms with van der Waals surface area (Å²) in [5, 5.41) is 3.30. The molecule has 1 aromatic rings. The van der Waals surface area contributed by atoms with Gasteiger partial charge in [0.25, 0.3) is 0 Å². The number of hydrogen-bond donors (Lipinski definition) is 1. The number of nitrogens with one attached hydrogen (secondary N) is 1. The highest BCUT2D eigenvalue weighted by molar-refractivity contribution is 5.20. The van der Waals surface area contributed by atoms with E-state index in [1.54, 1.807) is 0 Å². The smallest absolute Gasteiger partial charge is 0.120 e. The lowest BCUT2D eigenvalue weighted by molar-refractivity contribution is -0.0231. The van der Waals surface area contributed by atoms with Crippen molar-refractivity contribution in [2.24, 2.45) is 0 Å². The molecule has 4 heteroatoms. The predicted molar refractivity (Wildman–Crippen MR) is 71.5 cm³/mol. The fraction of sp³-hybridized carbons (Fsp3) is 0.714. The molecule has 0 spiro atoms. The zero-order valence-corrected chi connectivity index (χ0v) is 11.7. The fourth-order valence-corrected chi connectivity index (χ4v) is 2.34. The molecule has 0 amide bonds. The second-order valence-corrected chi connectivity index (χ2v) is 5.02.